The molecule has 3 aromatic carbocycles. The van der Waals surface area contributed by atoms with E-state index in [0.717, 1.165) is 0 Å². The number of para-hydroxylation sites is 1. The molecule has 0 unspecified atom stereocenters. The SMILES string of the molecule is C/C=C\C=C(/c1ccccc1)c1ccc(-c2ccc(N(C)c3ccccc3)cc2)s1. The molecule has 0 bridgehead atoms. The molecule has 0 N–H and O–H groups in total. The molecule has 30 heavy (non-hydrogen) atoms. The normalized spacial score (nSPS) is 11.7. The molecule has 0 atom stereocenters. The minimum absolute atomic E-state index is 1.18. The zero-order chi connectivity index (χ0) is 20.8. The molecule has 0 aliphatic carbocycles. The van der Waals surface area contributed by atoms with Crippen LogP contribution in [0.15, 0.2) is 115 Å². The summed E-state index contributed by atoms with van der Waals surface area (Å²) in [5.74, 6) is 0. The Morgan fingerprint density at radius 3 is 2.03 bits per heavy atom. The predicted octanol–water partition coefficient (Wildman–Crippen LogP) is 8.19. The number of nitrogens with zero attached hydrogens (tertiary/aromatic N) is 1. The van der Waals surface area contributed by atoms with Crippen molar-refractivity contribution in [1.29, 1.82) is 0 Å². The van der Waals surface area contributed by atoms with Crippen LogP contribution in [0.5, 0.6) is 0 Å². The van der Waals surface area contributed by atoms with Crippen LogP contribution < -0.4 is 4.90 Å². The Kier molecular flexibility index (Phi) is 6.26. The third-order valence-corrected chi connectivity index (χ3v) is 6.26. The van der Waals surface area contributed by atoms with Crippen LogP contribution in [0, 0.1) is 0 Å². The highest BCUT2D eigenvalue weighted by Crippen LogP contribution is 2.36. The van der Waals surface area contributed by atoms with E-state index in [4.69, 9.17) is 0 Å². The molecule has 0 spiro atoms. The molecule has 0 aliphatic rings. The standard InChI is InChI=1S/C28H25NS/c1-3-4-15-26(22-11-7-5-8-12-22)28-21-20-27(30-28)23-16-18-25(19-17-23)29(2)24-13-9-6-10-14-24/h3-21H,1-2H3/b4-3-,26-15+. The summed E-state index contributed by atoms with van der Waals surface area (Å²) >= 11 is 1.83. The van der Waals surface area contributed by atoms with Gasteiger partial charge in [-0.25, -0.2) is 0 Å². The smallest absolute Gasteiger partial charge is 0.0408 e. The Labute approximate surface area is 183 Å². The molecular weight excluding hydrogens is 382 g/mol. The average molecular weight is 408 g/mol. The highest BCUT2D eigenvalue weighted by Gasteiger charge is 2.10. The predicted molar refractivity (Wildman–Crippen MR) is 133 cm³/mol. The zero-order valence-corrected chi connectivity index (χ0v) is 18.1. The van der Waals surface area contributed by atoms with Crippen molar-refractivity contribution in [2.75, 3.05) is 11.9 Å². The van der Waals surface area contributed by atoms with Crippen molar-refractivity contribution < 1.29 is 0 Å². The lowest BCUT2D eigenvalue weighted by Crippen LogP contribution is -2.08. The summed E-state index contributed by atoms with van der Waals surface area (Å²) in [7, 11) is 2.10. The molecule has 1 nitrogen and oxygen atoms in total. The van der Waals surface area contributed by atoms with Gasteiger partial charge in [0, 0.05) is 28.2 Å². The van der Waals surface area contributed by atoms with Gasteiger partial charge in [-0.3, -0.25) is 0 Å². The molecule has 0 radical (unpaired) electrons. The van der Waals surface area contributed by atoms with Crippen molar-refractivity contribution in [3.63, 3.8) is 0 Å². The molecule has 0 fully saturated rings. The first-order valence-corrected chi connectivity index (χ1v) is 11.0. The Morgan fingerprint density at radius 2 is 1.37 bits per heavy atom. The fourth-order valence-corrected chi connectivity index (χ4v) is 4.48. The van der Waals surface area contributed by atoms with Crippen LogP contribution in [0.2, 0.25) is 0 Å². The van der Waals surface area contributed by atoms with Gasteiger partial charge < -0.3 is 4.90 Å². The van der Waals surface area contributed by atoms with Crippen molar-refractivity contribution in [3.05, 3.63) is 126 Å². The topological polar surface area (TPSA) is 3.24 Å². The number of allylic oxidation sites excluding steroid dienone is 3. The zero-order valence-electron chi connectivity index (χ0n) is 17.3. The lowest BCUT2D eigenvalue weighted by atomic mass is 10.0. The number of hydrogen-bond donors (Lipinski definition) is 0. The van der Waals surface area contributed by atoms with Crippen molar-refractivity contribution in [1.82, 2.24) is 0 Å². The van der Waals surface area contributed by atoms with E-state index >= 15 is 0 Å². The summed E-state index contributed by atoms with van der Waals surface area (Å²) in [6.07, 6.45) is 6.37. The molecule has 1 aromatic heterocycles. The van der Waals surface area contributed by atoms with Crippen molar-refractivity contribution in [2.45, 2.75) is 6.92 Å². The lowest BCUT2D eigenvalue weighted by Gasteiger charge is -2.19. The van der Waals surface area contributed by atoms with Gasteiger partial charge in [0.25, 0.3) is 0 Å². The van der Waals surface area contributed by atoms with Gasteiger partial charge in [0.1, 0.15) is 0 Å². The molecule has 148 valence electrons. The van der Waals surface area contributed by atoms with Crippen LogP contribution in [0.1, 0.15) is 17.4 Å². The first kappa shape index (κ1) is 19.9. The van der Waals surface area contributed by atoms with E-state index in [1.165, 1.54) is 37.8 Å². The summed E-state index contributed by atoms with van der Waals surface area (Å²) in [5.41, 5.74) is 6.11. The minimum Gasteiger partial charge on any atom is -0.345 e. The van der Waals surface area contributed by atoms with Crippen LogP contribution in [0.3, 0.4) is 0 Å². The molecule has 0 amide bonds. The molecular formula is C28H25NS. The highest BCUT2D eigenvalue weighted by atomic mass is 32.1. The molecule has 0 saturated carbocycles. The molecule has 0 aliphatic heterocycles. The minimum atomic E-state index is 1.18. The Balaban J connectivity index is 1.60. The van der Waals surface area contributed by atoms with Crippen LogP contribution >= 0.6 is 11.3 Å². The largest absolute Gasteiger partial charge is 0.345 e. The van der Waals surface area contributed by atoms with Gasteiger partial charge in [-0.15, -0.1) is 11.3 Å². The third kappa shape index (κ3) is 4.45. The van der Waals surface area contributed by atoms with Gasteiger partial charge in [0.2, 0.25) is 0 Å². The van der Waals surface area contributed by atoms with Gasteiger partial charge in [-0.1, -0.05) is 78.9 Å². The Morgan fingerprint density at radius 1 is 0.733 bits per heavy atom. The number of anilines is 2. The second-order valence-electron chi connectivity index (χ2n) is 7.08. The van der Waals surface area contributed by atoms with Crippen molar-refractivity contribution >= 4 is 28.3 Å². The molecule has 1 heterocycles. The summed E-state index contributed by atoms with van der Waals surface area (Å²) in [6.45, 7) is 2.05. The van der Waals surface area contributed by atoms with Gasteiger partial charge in [-0.2, -0.15) is 0 Å². The monoisotopic (exact) mass is 407 g/mol. The maximum atomic E-state index is 2.23. The molecule has 4 aromatic rings. The quantitative estimate of drug-likeness (QED) is 0.291. The maximum Gasteiger partial charge on any atom is 0.0408 e. The van der Waals surface area contributed by atoms with Gasteiger partial charge in [-0.05, 0) is 60.0 Å². The maximum absolute atomic E-state index is 2.23. The van der Waals surface area contributed by atoms with Crippen LogP contribution in [0.4, 0.5) is 11.4 Å². The van der Waals surface area contributed by atoms with E-state index in [1.54, 1.807) is 0 Å². The Bertz CT molecular complexity index is 1140. The van der Waals surface area contributed by atoms with E-state index in [2.05, 4.69) is 121 Å². The van der Waals surface area contributed by atoms with E-state index in [1.807, 2.05) is 24.3 Å². The number of rotatable bonds is 6. The first-order chi connectivity index (χ1) is 14.8. The van der Waals surface area contributed by atoms with E-state index < -0.39 is 0 Å². The molecule has 0 saturated heterocycles. The molecule has 4 rings (SSSR count). The second kappa shape index (κ2) is 9.43. The van der Waals surface area contributed by atoms with Gasteiger partial charge in [0.05, 0.1) is 0 Å². The number of thiophene rings is 1. The van der Waals surface area contributed by atoms with Crippen LogP contribution in [-0.4, -0.2) is 7.05 Å². The fraction of sp³-hybridized carbons (Fsp3) is 0.0714. The highest BCUT2D eigenvalue weighted by molar-refractivity contribution is 7.16. The summed E-state index contributed by atoms with van der Waals surface area (Å²) in [6, 6.07) is 34.3. The van der Waals surface area contributed by atoms with E-state index in [9.17, 15) is 0 Å². The van der Waals surface area contributed by atoms with Crippen LogP contribution in [0.25, 0.3) is 16.0 Å². The van der Waals surface area contributed by atoms with Gasteiger partial charge >= 0.3 is 0 Å². The van der Waals surface area contributed by atoms with Crippen LogP contribution in [-0.2, 0) is 0 Å². The van der Waals surface area contributed by atoms with E-state index in [-0.39, 0.29) is 0 Å². The van der Waals surface area contributed by atoms with Crippen molar-refractivity contribution in [2.24, 2.45) is 0 Å². The third-order valence-electron chi connectivity index (χ3n) is 5.09. The lowest BCUT2D eigenvalue weighted by molar-refractivity contribution is 1.21. The molecule has 2 heteroatoms. The average Bonchev–Trinajstić information content (AvgIpc) is 3.30. The summed E-state index contributed by atoms with van der Waals surface area (Å²) in [5, 5.41) is 0. The second-order valence-corrected chi connectivity index (χ2v) is 8.16. The van der Waals surface area contributed by atoms with Gasteiger partial charge in [0.15, 0.2) is 0 Å². The first-order valence-electron chi connectivity index (χ1n) is 10.1. The summed E-state index contributed by atoms with van der Waals surface area (Å²) < 4.78 is 0. The van der Waals surface area contributed by atoms with Crippen molar-refractivity contribution in [3.8, 4) is 10.4 Å². The number of benzene rings is 3. The fourth-order valence-electron chi connectivity index (χ4n) is 3.42. The Hall–Kier alpha value is -3.36. The number of hydrogen-bond acceptors (Lipinski definition) is 2. The van der Waals surface area contributed by atoms with E-state index in [0.29, 0.717) is 0 Å². The summed E-state index contributed by atoms with van der Waals surface area (Å²) in [4.78, 5) is 4.76.